The predicted molar refractivity (Wildman–Crippen MR) is 171 cm³/mol. The second kappa shape index (κ2) is 13.2. The molecule has 2 aromatic carbocycles. The van der Waals surface area contributed by atoms with Crippen LogP contribution in [0.15, 0.2) is 65.6 Å². The van der Waals surface area contributed by atoms with Gasteiger partial charge in [-0.05, 0) is 86.4 Å². The summed E-state index contributed by atoms with van der Waals surface area (Å²) in [7, 11) is 1.56. The van der Waals surface area contributed by atoms with E-state index in [9.17, 15) is 19.2 Å². The minimum Gasteiger partial charge on any atom is -0.357 e. The van der Waals surface area contributed by atoms with Crippen LogP contribution in [0.25, 0.3) is 22.0 Å². The maximum absolute atomic E-state index is 13.1. The number of hydrogen-bond acceptors (Lipinski definition) is 5. The maximum atomic E-state index is 13.1. The summed E-state index contributed by atoms with van der Waals surface area (Å²) in [6.45, 7) is 7.18. The number of pyridine rings is 2. The molecule has 0 aliphatic carbocycles. The molecule has 1 fully saturated rings. The number of benzene rings is 2. The fourth-order valence-electron chi connectivity index (χ4n) is 6.08. The van der Waals surface area contributed by atoms with Gasteiger partial charge in [-0.15, -0.1) is 0 Å². The summed E-state index contributed by atoms with van der Waals surface area (Å²) >= 11 is 0. The monoisotopic (exact) mass is 593 g/mol. The van der Waals surface area contributed by atoms with E-state index in [0.29, 0.717) is 19.5 Å². The molecule has 228 valence electrons. The minimum absolute atomic E-state index is 0.0522. The van der Waals surface area contributed by atoms with Gasteiger partial charge in [0.15, 0.2) is 0 Å². The first kappa shape index (κ1) is 30.7. The Hall–Kier alpha value is -4.79. The van der Waals surface area contributed by atoms with Crippen molar-refractivity contribution >= 4 is 28.6 Å². The lowest BCUT2D eigenvalue weighted by atomic mass is 9.89. The lowest BCUT2D eigenvalue weighted by Crippen LogP contribution is -2.48. The molecular weight excluding hydrogens is 554 g/mol. The normalized spacial score (nSPS) is 14.3. The molecule has 3 N–H and O–H groups in total. The van der Waals surface area contributed by atoms with E-state index in [1.807, 2.05) is 56.0 Å². The van der Waals surface area contributed by atoms with Crippen LogP contribution in [0.3, 0.4) is 0 Å². The maximum Gasteiger partial charge on any atom is 0.270 e. The van der Waals surface area contributed by atoms with Gasteiger partial charge in [-0.1, -0.05) is 35.9 Å². The van der Waals surface area contributed by atoms with Crippen LogP contribution in [-0.4, -0.2) is 58.8 Å². The molecule has 1 unspecified atom stereocenters. The van der Waals surface area contributed by atoms with Crippen molar-refractivity contribution in [2.45, 2.75) is 52.5 Å². The summed E-state index contributed by atoms with van der Waals surface area (Å²) in [6, 6.07) is 16.3. The number of nitrogens with one attached hydrogen (secondary N) is 3. The highest BCUT2D eigenvalue weighted by Crippen LogP contribution is 2.25. The number of amides is 3. The van der Waals surface area contributed by atoms with Crippen LogP contribution in [0.2, 0.25) is 0 Å². The number of nitrogens with zero attached hydrogens (tertiary/aromatic N) is 2. The average Bonchev–Trinajstić information content (AvgIpc) is 3.01. The van der Waals surface area contributed by atoms with Crippen LogP contribution in [0.1, 0.15) is 52.0 Å². The van der Waals surface area contributed by atoms with Gasteiger partial charge in [0, 0.05) is 48.9 Å². The Morgan fingerprint density at radius 1 is 0.977 bits per heavy atom. The first-order valence-electron chi connectivity index (χ1n) is 15.1. The van der Waals surface area contributed by atoms with E-state index in [4.69, 9.17) is 0 Å². The number of rotatable bonds is 8. The Kier molecular flexibility index (Phi) is 9.23. The number of carbonyl (C=O) groups is 3. The Labute approximate surface area is 257 Å². The third kappa shape index (κ3) is 7.05. The SMILES string of the molecule is CNC(=O)C(CC1CCN(C(=O)Cc2ccc3[nH]c(=O)cc(C)c3c2)CC1)NC(=O)c1ccc(-c2ccc(C)cc2C)cn1. The number of aromatic nitrogens is 2. The van der Waals surface area contributed by atoms with Crippen molar-refractivity contribution in [1.82, 2.24) is 25.5 Å². The van der Waals surface area contributed by atoms with E-state index < -0.39 is 11.9 Å². The van der Waals surface area contributed by atoms with Crippen molar-refractivity contribution in [1.29, 1.82) is 0 Å². The van der Waals surface area contributed by atoms with Crippen LogP contribution < -0.4 is 16.2 Å². The molecule has 44 heavy (non-hydrogen) atoms. The molecule has 4 aromatic rings. The smallest absolute Gasteiger partial charge is 0.270 e. The van der Waals surface area contributed by atoms with E-state index in [1.165, 1.54) is 5.56 Å². The molecule has 9 heteroatoms. The third-order valence-corrected chi connectivity index (χ3v) is 8.56. The Morgan fingerprint density at radius 3 is 2.43 bits per heavy atom. The zero-order valence-electron chi connectivity index (χ0n) is 25.7. The first-order valence-corrected chi connectivity index (χ1v) is 15.1. The van der Waals surface area contributed by atoms with Crippen LogP contribution in [0.5, 0.6) is 0 Å². The van der Waals surface area contributed by atoms with Crippen molar-refractivity contribution in [3.63, 3.8) is 0 Å². The second-order valence-corrected chi connectivity index (χ2v) is 11.8. The molecule has 3 amide bonds. The number of aromatic amines is 1. The molecule has 1 aliphatic heterocycles. The van der Waals surface area contributed by atoms with Crippen molar-refractivity contribution in [2.75, 3.05) is 20.1 Å². The fourth-order valence-corrected chi connectivity index (χ4v) is 6.08. The Morgan fingerprint density at radius 2 is 1.75 bits per heavy atom. The third-order valence-electron chi connectivity index (χ3n) is 8.56. The van der Waals surface area contributed by atoms with Crippen molar-refractivity contribution in [3.05, 3.63) is 99.1 Å². The molecule has 2 aromatic heterocycles. The van der Waals surface area contributed by atoms with Crippen LogP contribution in [-0.2, 0) is 16.0 Å². The number of fused-ring (bicyclic) bond motifs is 1. The van der Waals surface area contributed by atoms with Crippen LogP contribution in [0.4, 0.5) is 0 Å². The van der Waals surface area contributed by atoms with Gasteiger partial charge in [0.2, 0.25) is 17.4 Å². The lowest BCUT2D eigenvalue weighted by Gasteiger charge is -2.33. The van der Waals surface area contributed by atoms with Crippen LogP contribution >= 0.6 is 0 Å². The molecule has 9 nitrogen and oxygen atoms in total. The second-order valence-electron chi connectivity index (χ2n) is 11.8. The van der Waals surface area contributed by atoms with Crippen molar-refractivity contribution < 1.29 is 14.4 Å². The van der Waals surface area contributed by atoms with Gasteiger partial charge >= 0.3 is 0 Å². The fraction of sp³-hybridized carbons (Fsp3) is 0.343. The largest absolute Gasteiger partial charge is 0.357 e. The number of likely N-dealkylation sites (tertiary alicyclic amines) is 1. The van der Waals surface area contributed by atoms with Gasteiger partial charge in [-0.25, -0.2) is 0 Å². The summed E-state index contributed by atoms with van der Waals surface area (Å²) < 4.78 is 0. The summed E-state index contributed by atoms with van der Waals surface area (Å²) in [5.41, 5.74) is 6.96. The highest BCUT2D eigenvalue weighted by Gasteiger charge is 2.29. The molecule has 0 spiro atoms. The molecule has 1 atom stereocenters. The van der Waals surface area contributed by atoms with Crippen molar-refractivity contribution in [3.8, 4) is 11.1 Å². The van der Waals surface area contributed by atoms with Crippen molar-refractivity contribution in [2.24, 2.45) is 5.92 Å². The van der Waals surface area contributed by atoms with E-state index in [0.717, 1.165) is 51.6 Å². The number of H-pyrrole nitrogens is 1. The summed E-state index contributed by atoms with van der Waals surface area (Å²) in [4.78, 5) is 59.8. The highest BCUT2D eigenvalue weighted by molar-refractivity contribution is 5.96. The number of likely N-dealkylation sites (N-methyl/N-ethyl adjacent to an activating group) is 1. The highest BCUT2D eigenvalue weighted by atomic mass is 16.2. The van der Waals surface area contributed by atoms with E-state index in [1.54, 1.807) is 25.4 Å². The number of hydrogen-bond donors (Lipinski definition) is 3. The number of piperidine rings is 1. The predicted octanol–water partition coefficient (Wildman–Crippen LogP) is 4.23. The quantitative estimate of drug-likeness (QED) is 0.282. The summed E-state index contributed by atoms with van der Waals surface area (Å²) in [6.07, 6.45) is 3.95. The molecule has 3 heterocycles. The van der Waals surface area contributed by atoms with Crippen LogP contribution in [0, 0.1) is 26.7 Å². The van der Waals surface area contributed by atoms with Gasteiger partial charge < -0.3 is 20.5 Å². The molecular formula is C35H39N5O4. The molecule has 0 radical (unpaired) electrons. The van der Waals surface area contributed by atoms with Gasteiger partial charge in [-0.3, -0.25) is 24.2 Å². The zero-order chi connectivity index (χ0) is 31.4. The summed E-state index contributed by atoms with van der Waals surface area (Å²) in [5, 5.41) is 6.48. The average molecular weight is 594 g/mol. The van der Waals surface area contributed by atoms with Gasteiger partial charge in [-0.2, -0.15) is 0 Å². The zero-order valence-corrected chi connectivity index (χ0v) is 25.7. The van der Waals surface area contributed by atoms with E-state index in [-0.39, 0.29) is 35.4 Å². The first-order chi connectivity index (χ1) is 21.1. The topological polar surface area (TPSA) is 124 Å². The standard InChI is InChI=1S/C35H39N5O4/c1-21-5-8-27(22(2)15-21)26-7-10-30(37-20-26)35(44)39-31(34(43)36-4)18-24-11-13-40(14-12-24)33(42)19-25-6-9-29-28(17-25)23(3)16-32(41)38-29/h5-10,15-17,20,24,31H,11-14,18-19H2,1-4H3,(H,36,43)(H,38,41)(H,39,44). The van der Waals surface area contributed by atoms with E-state index >= 15 is 0 Å². The summed E-state index contributed by atoms with van der Waals surface area (Å²) in [5.74, 6) is -0.414. The molecule has 5 rings (SSSR count). The van der Waals surface area contributed by atoms with E-state index in [2.05, 4.69) is 32.7 Å². The Balaban J connectivity index is 1.16. The molecule has 0 saturated carbocycles. The lowest BCUT2D eigenvalue weighted by molar-refractivity contribution is -0.132. The molecule has 1 saturated heterocycles. The number of carbonyl (C=O) groups excluding carboxylic acids is 3. The molecule has 0 bridgehead atoms. The Bertz CT molecular complexity index is 1750. The van der Waals surface area contributed by atoms with Gasteiger partial charge in [0.05, 0.1) is 6.42 Å². The minimum atomic E-state index is -0.701. The van der Waals surface area contributed by atoms with Gasteiger partial charge in [0.1, 0.15) is 11.7 Å². The van der Waals surface area contributed by atoms with Gasteiger partial charge in [0.25, 0.3) is 5.91 Å². The molecule has 1 aliphatic rings. The number of aryl methyl sites for hydroxylation is 3.